The quantitative estimate of drug-likeness (QED) is 0.576. The van der Waals surface area contributed by atoms with Gasteiger partial charge in [-0.25, -0.2) is 0 Å². The summed E-state index contributed by atoms with van der Waals surface area (Å²) in [5.74, 6) is -0.249. The molecule has 0 aromatic rings. The Morgan fingerprint density at radius 3 is 2.00 bits per heavy atom. The van der Waals surface area contributed by atoms with E-state index in [1.165, 1.54) is 38.5 Å². The minimum Gasteiger partial charge on any atom is -0.350 e. The van der Waals surface area contributed by atoms with Crippen molar-refractivity contribution in [3.8, 4) is 0 Å². The lowest BCUT2D eigenvalue weighted by molar-refractivity contribution is -0.231. The summed E-state index contributed by atoms with van der Waals surface area (Å²) in [6.07, 6.45) is 12.4. The highest BCUT2D eigenvalue weighted by Crippen LogP contribution is 2.28. The summed E-state index contributed by atoms with van der Waals surface area (Å²) in [4.78, 5) is 0. The van der Waals surface area contributed by atoms with E-state index in [1.54, 1.807) is 0 Å². The van der Waals surface area contributed by atoms with Crippen molar-refractivity contribution < 1.29 is 9.47 Å². The van der Waals surface area contributed by atoms with Gasteiger partial charge in [-0.15, -0.1) is 0 Å². The van der Waals surface area contributed by atoms with Crippen molar-refractivity contribution in [1.29, 1.82) is 0 Å². The first-order chi connectivity index (χ1) is 8.33. The van der Waals surface area contributed by atoms with Crippen LogP contribution in [0.25, 0.3) is 0 Å². The molecule has 0 aliphatic carbocycles. The molecule has 0 aromatic carbocycles. The van der Waals surface area contributed by atoms with Crippen molar-refractivity contribution in [2.75, 3.05) is 13.2 Å². The van der Waals surface area contributed by atoms with Crippen LogP contribution >= 0.6 is 0 Å². The molecule has 1 fully saturated rings. The molecule has 17 heavy (non-hydrogen) atoms. The molecule has 0 amide bonds. The van der Waals surface area contributed by atoms with Gasteiger partial charge in [0, 0.05) is 6.42 Å². The molecule has 1 aliphatic rings. The van der Waals surface area contributed by atoms with Crippen LogP contribution in [0.15, 0.2) is 0 Å². The number of rotatable bonds is 8. The summed E-state index contributed by atoms with van der Waals surface area (Å²) in [7, 11) is 0. The summed E-state index contributed by atoms with van der Waals surface area (Å²) >= 11 is 0. The van der Waals surface area contributed by atoms with Crippen LogP contribution < -0.4 is 0 Å². The zero-order valence-electron chi connectivity index (χ0n) is 11.8. The van der Waals surface area contributed by atoms with Gasteiger partial charge in [-0.1, -0.05) is 46.0 Å². The Bertz CT molecular complexity index is 172. The fourth-order valence-corrected chi connectivity index (χ4v) is 2.46. The largest absolute Gasteiger partial charge is 0.350 e. The summed E-state index contributed by atoms with van der Waals surface area (Å²) in [5, 5.41) is 0. The second-order valence-corrected chi connectivity index (χ2v) is 5.19. The molecule has 1 heterocycles. The first-order valence-corrected chi connectivity index (χ1v) is 7.61. The molecule has 0 spiro atoms. The molecule has 0 aromatic heterocycles. The molecular weight excluding hydrogens is 212 g/mol. The minimum absolute atomic E-state index is 0.249. The fourth-order valence-electron chi connectivity index (χ4n) is 2.46. The minimum atomic E-state index is -0.249. The number of ether oxygens (including phenoxy) is 2. The number of hydrogen-bond donors (Lipinski definition) is 0. The van der Waals surface area contributed by atoms with Crippen LogP contribution in [0.4, 0.5) is 0 Å². The molecule has 1 aliphatic heterocycles. The average Bonchev–Trinajstić information content (AvgIpc) is 2.60. The van der Waals surface area contributed by atoms with Crippen LogP contribution in [0.2, 0.25) is 0 Å². The Labute approximate surface area is 107 Å². The van der Waals surface area contributed by atoms with E-state index in [9.17, 15) is 0 Å². The second-order valence-electron chi connectivity index (χ2n) is 5.19. The van der Waals surface area contributed by atoms with E-state index in [0.29, 0.717) is 0 Å². The van der Waals surface area contributed by atoms with Crippen LogP contribution in [0, 0.1) is 0 Å². The molecule has 0 saturated carbocycles. The average molecular weight is 242 g/mol. The molecule has 0 bridgehead atoms. The molecule has 2 nitrogen and oxygen atoms in total. The van der Waals surface area contributed by atoms with E-state index in [-0.39, 0.29) is 5.79 Å². The van der Waals surface area contributed by atoms with Crippen molar-refractivity contribution in [3.63, 3.8) is 0 Å². The van der Waals surface area contributed by atoms with Crippen molar-refractivity contribution in [3.05, 3.63) is 0 Å². The Balaban J connectivity index is 2.16. The van der Waals surface area contributed by atoms with Gasteiger partial charge < -0.3 is 9.47 Å². The maximum atomic E-state index is 5.95. The van der Waals surface area contributed by atoms with Gasteiger partial charge >= 0.3 is 0 Å². The summed E-state index contributed by atoms with van der Waals surface area (Å²) in [6, 6.07) is 0. The molecule has 2 heteroatoms. The molecule has 0 unspecified atom stereocenters. The zero-order valence-corrected chi connectivity index (χ0v) is 11.8. The third-order valence-electron chi connectivity index (χ3n) is 3.72. The smallest absolute Gasteiger partial charge is 0.168 e. The Morgan fingerprint density at radius 1 is 0.824 bits per heavy atom. The summed E-state index contributed by atoms with van der Waals surface area (Å²) in [5.41, 5.74) is 0. The number of unbranched alkanes of at least 4 members (excludes halogenated alkanes) is 5. The monoisotopic (exact) mass is 242 g/mol. The van der Waals surface area contributed by atoms with Gasteiger partial charge in [-0.05, 0) is 25.7 Å². The van der Waals surface area contributed by atoms with Crippen LogP contribution in [0.3, 0.4) is 0 Å². The number of hydrogen-bond acceptors (Lipinski definition) is 2. The second kappa shape index (κ2) is 8.93. The maximum Gasteiger partial charge on any atom is 0.168 e. The first-order valence-electron chi connectivity index (χ1n) is 7.61. The predicted molar refractivity (Wildman–Crippen MR) is 72.2 cm³/mol. The third kappa shape index (κ3) is 5.87. The Kier molecular flexibility index (Phi) is 7.87. The van der Waals surface area contributed by atoms with Crippen molar-refractivity contribution in [1.82, 2.24) is 0 Å². The summed E-state index contributed by atoms with van der Waals surface area (Å²) < 4.78 is 11.9. The van der Waals surface area contributed by atoms with Gasteiger partial charge in [-0.3, -0.25) is 0 Å². The van der Waals surface area contributed by atoms with E-state index >= 15 is 0 Å². The normalized spacial score (nSPS) is 20.1. The van der Waals surface area contributed by atoms with Crippen molar-refractivity contribution in [2.45, 2.75) is 83.8 Å². The van der Waals surface area contributed by atoms with E-state index in [4.69, 9.17) is 9.47 Å². The highest BCUT2D eigenvalue weighted by Gasteiger charge is 2.30. The lowest BCUT2D eigenvalue weighted by Gasteiger charge is -2.31. The molecule has 1 saturated heterocycles. The molecule has 0 atom stereocenters. The Hall–Kier alpha value is -0.0800. The van der Waals surface area contributed by atoms with Gasteiger partial charge in [0.1, 0.15) is 0 Å². The lowest BCUT2D eigenvalue weighted by atomic mass is 10.0. The first kappa shape index (κ1) is 15.0. The van der Waals surface area contributed by atoms with Crippen molar-refractivity contribution in [2.24, 2.45) is 0 Å². The van der Waals surface area contributed by atoms with Gasteiger partial charge in [0.25, 0.3) is 0 Å². The SMILES string of the molecule is CCCCCCCCC1(CC)OCCCCO1. The highest BCUT2D eigenvalue weighted by atomic mass is 16.7. The van der Waals surface area contributed by atoms with Crippen molar-refractivity contribution >= 4 is 0 Å². The maximum absolute atomic E-state index is 5.95. The van der Waals surface area contributed by atoms with E-state index in [2.05, 4.69) is 13.8 Å². The van der Waals surface area contributed by atoms with Crippen LogP contribution in [-0.2, 0) is 9.47 Å². The Morgan fingerprint density at radius 2 is 1.41 bits per heavy atom. The van der Waals surface area contributed by atoms with Crippen LogP contribution in [0.5, 0.6) is 0 Å². The zero-order chi connectivity index (χ0) is 12.4. The highest BCUT2D eigenvalue weighted by molar-refractivity contribution is 4.70. The van der Waals surface area contributed by atoms with Gasteiger partial charge in [0.05, 0.1) is 13.2 Å². The molecule has 102 valence electrons. The molecular formula is C15H30O2. The van der Waals surface area contributed by atoms with E-state index in [1.807, 2.05) is 0 Å². The fraction of sp³-hybridized carbons (Fsp3) is 1.00. The standard InChI is InChI=1S/C15H30O2/c1-3-5-6-7-8-9-12-15(4-2)16-13-10-11-14-17-15/h3-14H2,1-2H3. The molecule has 0 radical (unpaired) electrons. The summed E-state index contributed by atoms with van der Waals surface area (Å²) in [6.45, 7) is 6.20. The van der Waals surface area contributed by atoms with Gasteiger partial charge in [0.2, 0.25) is 0 Å². The molecule has 0 N–H and O–H groups in total. The molecule has 1 rings (SSSR count). The predicted octanol–water partition coefficient (Wildman–Crippen LogP) is 4.67. The van der Waals surface area contributed by atoms with Gasteiger partial charge in [0.15, 0.2) is 5.79 Å². The van der Waals surface area contributed by atoms with Gasteiger partial charge in [-0.2, -0.15) is 0 Å². The van der Waals surface area contributed by atoms with E-state index < -0.39 is 0 Å². The third-order valence-corrected chi connectivity index (χ3v) is 3.72. The topological polar surface area (TPSA) is 18.5 Å². The lowest BCUT2D eigenvalue weighted by Crippen LogP contribution is -2.34. The van der Waals surface area contributed by atoms with Crippen LogP contribution in [0.1, 0.15) is 78.1 Å². The van der Waals surface area contributed by atoms with E-state index in [0.717, 1.165) is 38.9 Å². The van der Waals surface area contributed by atoms with Crippen LogP contribution in [-0.4, -0.2) is 19.0 Å².